The number of benzene rings is 2. The van der Waals surface area contributed by atoms with Gasteiger partial charge in [0.25, 0.3) is 0 Å². The summed E-state index contributed by atoms with van der Waals surface area (Å²) in [6, 6.07) is 6.36. The molecule has 0 aliphatic carbocycles. The van der Waals surface area contributed by atoms with E-state index in [1.54, 1.807) is 20.3 Å². The third kappa shape index (κ3) is 9.16. The maximum atomic E-state index is 14.0. The number of hydrogen-bond acceptors (Lipinski definition) is 2. The molecule has 2 aromatic rings. The quantitative estimate of drug-likeness (QED) is 0.176. The lowest BCUT2D eigenvalue weighted by molar-refractivity contribution is -0.545. The van der Waals surface area contributed by atoms with Crippen molar-refractivity contribution in [2.75, 3.05) is 20.8 Å². The van der Waals surface area contributed by atoms with Crippen LogP contribution in [-0.2, 0) is 13.0 Å². The van der Waals surface area contributed by atoms with E-state index in [4.69, 9.17) is 9.47 Å². The minimum absolute atomic E-state index is 0. The smallest absolute Gasteiger partial charge is 0.184 e. The molecular weight excluding hydrogens is 560 g/mol. The molecule has 6 heteroatoms. The van der Waals surface area contributed by atoms with Crippen LogP contribution in [0.2, 0.25) is 0 Å². The number of nitrogens with zero attached hydrogens (tertiary/aromatic N) is 1. The Balaban J connectivity index is 0.00000533. The normalized spacial score (nSPS) is 13.0. The molecule has 1 aliphatic heterocycles. The topological polar surface area (TPSA) is 21.5 Å². The van der Waals surface area contributed by atoms with Gasteiger partial charge in [0.2, 0.25) is 0 Å². The summed E-state index contributed by atoms with van der Waals surface area (Å²) in [5.41, 5.74) is 5.62. The molecule has 216 valence electrons. The molecule has 0 saturated carbocycles. The summed E-state index contributed by atoms with van der Waals surface area (Å²) < 4.78 is 41.6. The molecule has 1 heterocycles. The second-order valence-electron chi connectivity index (χ2n) is 10.3. The van der Waals surface area contributed by atoms with Crippen LogP contribution in [0.15, 0.2) is 30.3 Å². The van der Waals surface area contributed by atoms with Gasteiger partial charge in [0.05, 0.1) is 14.2 Å². The summed E-state index contributed by atoms with van der Waals surface area (Å²) in [5.74, 6) is -0.0814. The maximum absolute atomic E-state index is 14.0. The van der Waals surface area contributed by atoms with Crippen LogP contribution in [0, 0.1) is 11.6 Å². The van der Waals surface area contributed by atoms with Crippen LogP contribution in [0.3, 0.4) is 0 Å². The Morgan fingerprint density at radius 3 is 2.26 bits per heavy atom. The van der Waals surface area contributed by atoms with Crippen LogP contribution in [0.25, 0.3) is 6.08 Å². The van der Waals surface area contributed by atoms with Crippen molar-refractivity contribution in [2.24, 2.45) is 0 Å². The van der Waals surface area contributed by atoms with Gasteiger partial charge in [-0.15, -0.1) is 0 Å². The number of fused-ring (bicyclic) bond motifs is 1. The van der Waals surface area contributed by atoms with Crippen molar-refractivity contribution in [2.45, 2.75) is 97.4 Å². The molecule has 0 amide bonds. The first-order chi connectivity index (χ1) is 18.5. The lowest BCUT2D eigenvalue weighted by Crippen LogP contribution is -3.00. The van der Waals surface area contributed by atoms with Gasteiger partial charge >= 0.3 is 0 Å². The average molecular weight is 607 g/mol. The van der Waals surface area contributed by atoms with Crippen molar-refractivity contribution >= 4 is 11.8 Å². The van der Waals surface area contributed by atoms with Crippen LogP contribution in [0.1, 0.15) is 107 Å². The summed E-state index contributed by atoms with van der Waals surface area (Å²) in [5, 5.41) is 0. The molecule has 0 aromatic heterocycles. The number of methoxy groups -OCH3 is 2. The Morgan fingerprint density at radius 1 is 0.872 bits per heavy atom. The molecule has 0 bridgehead atoms. The van der Waals surface area contributed by atoms with Crippen molar-refractivity contribution < 1.29 is 39.8 Å². The van der Waals surface area contributed by atoms with E-state index in [-0.39, 0.29) is 17.0 Å². The number of hydrogen-bond donors (Lipinski definition) is 0. The highest BCUT2D eigenvalue weighted by Gasteiger charge is 2.30. The standard InChI is InChI=1S/C33H46F2NO2.BrH/c1-5-7-9-11-13-14-16-27-26-20-21-36(24-25-18-19-29(34)30(35)22-25)31(17-15-12-10-8-6-2)28(26)23-32(37-3)33(27)38-4;/h14,16,18-19,22-23H,5-13,15,17,20-21,24H2,1-4H3;1H/q+1;/p-1. The van der Waals surface area contributed by atoms with Crippen molar-refractivity contribution in [1.29, 1.82) is 0 Å². The van der Waals surface area contributed by atoms with Gasteiger partial charge < -0.3 is 26.5 Å². The largest absolute Gasteiger partial charge is 1.00 e. The minimum atomic E-state index is -0.805. The predicted molar refractivity (Wildman–Crippen MR) is 154 cm³/mol. The van der Waals surface area contributed by atoms with E-state index < -0.39 is 11.6 Å². The van der Waals surface area contributed by atoms with Gasteiger partial charge in [0.15, 0.2) is 35.4 Å². The third-order valence-corrected chi connectivity index (χ3v) is 7.53. The van der Waals surface area contributed by atoms with E-state index in [0.29, 0.717) is 6.54 Å². The molecule has 39 heavy (non-hydrogen) atoms. The SMILES string of the molecule is CCCCCCC=Cc1c2c(cc(OC)c1OC)C(CCCCCCC)=[N+](Cc1ccc(F)c(F)c1)CC2.[Br-]. The first-order valence-electron chi connectivity index (χ1n) is 14.5. The van der Waals surface area contributed by atoms with E-state index in [0.717, 1.165) is 54.9 Å². The fourth-order valence-electron chi connectivity index (χ4n) is 5.43. The lowest BCUT2D eigenvalue weighted by atomic mass is 9.88. The van der Waals surface area contributed by atoms with Crippen molar-refractivity contribution in [1.82, 2.24) is 0 Å². The highest BCUT2D eigenvalue weighted by molar-refractivity contribution is 6.00. The molecule has 0 N–H and O–H groups in total. The number of halogens is 3. The monoisotopic (exact) mass is 605 g/mol. The summed E-state index contributed by atoms with van der Waals surface area (Å²) in [6.07, 6.45) is 18.3. The fourth-order valence-corrected chi connectivity index (χ4v) is 5.43. The zero-order valence-electron chi connectivity index (χ0n) is 24.3. The lowest BCUT2D eigenvalue weighted by Gasteiger charge is -2.24. The van der Waals surface area contributed by atoms with E-state index in [1.807, 2.05) is 0 Å². The number of rotatable bonds is 16. The predicted octanol–water partition coefficient (Wildman–Crippen LogP) is 5.89. The van der Waals surface area contributed by atoms with Gasteiger partial charge in [-0.05, 0) is 49.1 Å². The van der Waals surface area contributed by atoms with E-state index in [2.05, 4.69) is 36.6 Å². The highest BCUT2D eigenvalue weighted by atomic mass is 79.9. The van der Waals surface area contributed by atoms with Gasteiger partial charge in [0.1, 0.15) is 6.54 Å². The molecule has 3 nitrogen and oxygen atoms in total. The Bertz CT molecular complexity index is 1110. The fraction of sp³-hybridized carbons (Fsp3) is 0.545. The van der Waals surface area contributed by atoms with Crippen molar-refractivity contribution in [3.8, 4) is 11.5 Å². The minimum Gasteiger partial charge on any atom is -1.00 e. The molecule has 0 saturated heterocycles. The van der Waals surface area contributed by atoms with E-state index in [9.17, 15) is 8.78 Å². The first kappa shape index (κ1) is 33.0. The molecule has 3 rings (SSSR count). The Labute approximate surface area is 245 Å². The van der Waals surface area contributed by atoms with Gasteiger partial charge in [-0.25, -0.2) is 13.4 Å². The molecule has 0 unspecified atom stereocenters. The molecule has 0 radical (unpaired) electrons. The van der Waals surface area contributed by atoms with Crippen LogP contribution < -0.4 is 26.5 Å². The second-order valence-corrected chi connectivity index (χ2v) is 10.3. The summed E-state index contributed by atoms with van der Waals surface area (Å²) in [6.45, 7) is 5.84. The molecule has 2 aromatic carbocycles. The van der Waals surface area contributed by atoms with E-state index in [1.165, 1.54) is 80.3 Å². The molecule has 0 spiro atoms. The summed E-state index contributed by atoms with van der Waals surface area (Å²) in [7, 11) is 3.40. The molecule has 1 aliphatic rings. The van der Waals surface area contributed by atoms with Crippen LogP contribution >= 0.6 is 0 Å². The van der Waals surface area contributed by atoms with Gasteiger partial charge in [-0.1, -0.05) is 70.9 Å². The van der Waals surface area contributed by atoms with Crippen molar-refractivity contribution in [3.63, 3.8) is 0 Å². The van der Waals surface area contributed by atoms with Gasteiger partial charge in [-0.3, -0.25) is 0 Å². The van der Waals surface area contributed by atoms with Crippen LogP contribution in [0.4, 0.5) is 8.78 Å². The molecular formula is C33H46BrF2NO2. The average Bonchev–Trinajstić information content (AvgIpc) is 2.92. The molecule has 0 fully saturated rings. The number of allylic oxidation sites excluding steroid dienone is 1. The Morgan fingerprint density at radius 2 is 1.59 bits per heavy atom. The first-order valence-corrected chi connectivity index (χ1v) is 14.5. The maximum Gasteiger partial charge on any atom is 0.184 e. The highest BCUT2D eigenvalue weighted by Crippen LogP contribution is 2.39. The van der Waals surface area contributed by atoms with Gasteiger partial charge in [-0.2, -0.15) is 0 Å². The Kier molecular flexibility index (Phi) is 14.8. The Hall–Kier alpha value is -2.21. The van der Waals surface area contributed by atoms with Crippen LogP contribution in [-0.4, -0.2) is 31.1 Å². The van der Waals surface area contributed by atoms with E-state index >= 15 is 0 Å². The van der Waals surface area contributed by atoms with Gasteiger partial charge in [0, 0.05) is 29.5 Å². The summed E-state index contributed by atoms with van der Waals surface area (Å²) in [4.78, 5) is 0. The zero-order valence-corrected chi connectivity index (χ0v) is 25.8. The third-order valence-electron chi connectivity index (χ3n) is 7.53. The zero-order chi connectivity index (χ0) is 27.3. The second kappa shape index (κ2) is 17.5. The number of unbranched alkanes of at least 4 members (excludes halogenated alkanes) is 8. The van der Waals surface area contributed by atoms with Crippen molar-refractivity contribution in [3.05, 3.63) is 64.2 Å². The van der Waals surface area contributed by atoms with Crippen LogP contribution in [0.5, 0.6) is 11.5 Å². The summed E-state index contributed by atoms with van der Waals surface area (Å²) >= 11 is 0. The molecule has 0 atom stereocenters. The number of ether oxygens (including phenoxy) is 2.